The number of para-hydroxylation sites is 1. The van der Waals surface area contributed by atoms with E-state index in [-0.39, 0.29) is 12.1 Å². The quantitative estimate of drug-likeness (QED) is 0.327. The Labute approximate surface area is 223 Å². The summed E-state index contributed by atoms with van der Waals surface area (Å²) in [4.78, 5) is 6.78. The van der Waals surface area contributed by atoms with Gasteiger partial charge in [-0.25, -0.2) is 8.42 Å². The lowest BCUT2D eigenvalue weighted by Crippen LogP contribution is -2.29. The first-order valence-corrected chi connectivity index (χ1v) is 14.3. The second kappa shape index (κ2) is 9.64. The molecule has 190 valence electrons. The van der Waals surface area contributed by atoms with Crippen LogP contribution in [0.1, 0.15) is 40.3 Å². The van der Waals surface area contributed by atoms with Gasteiger partial charge in [-0.1, -0.05) is 24.3 Å². The second-order valence-corrected chi connectivity index (χ2v) is 11.4. The maximum atomic E-state index is 11.7. The van der Waals surface area contributed by atoms with E-state index < -0.39 is 10.0 Å². The van der Waals surface area contributed by atoms with E-state index in [4.69, 9.17) is 12.2 Å². The van der Waals surface area contributed by atoms with Gasteiger partial charge in [0.2, 0.25) is 10.0 Å². The number of anilines is 2. The van der Waals surface area contributed by atoms with Gasteiger partial charge in [0.1, 0.15) is 0 Å². The fraction of sp³-hybridized carbons (Fsp3) is 0.214. The Kier molecular flexibility index (Phi) is 6.51. The fourth-order valence-corrected chi connectivity index (χ4v) is 6.15. The molecule has 1 aliphatic rings. The number of hydrogen-bond acceptors (Lipinski definition) is 4. The number of rotatable bonds is 6. The molecule has 0 unspecified atom stereocenters. The molecule has 3 heterocycles. The third-order valence-electron chi connectivity index (χ3n) is 6.86. The highest BCUT2D eigenvalue weighted by Crippen LogP contribution is 2.45. The van der Waals surface area contributed by atoms with E-state index in [0.717, 1.165) is 29.0 Å². The van der Waals surface area contributed by atoms with Gasteiger partial charge in [-0.05, 0) is 87.1 Å². The van der Waals surface area contributed by atoms with Crippen LogP contribution in [-0.4, -0.2) is 29.3 Å². The summed E-state index contributed by atoms with van der Waals surface area (Å²) < 4.78 is 28.2. The molecule has 0 radical (unpaired) electrons. The first-order valence-electron chi connectivity index (χ1n) is 12.0. The van der Waals surface area contributed by atoms with E-state index in [0.29, 0.717) is 10.8 Å². The van der Waals surface area contributed by atoms with Gasteiger partial charge in [0.05, 0.1) is 24.0 Å². The molecule has 0 aliphatic carbocycles. The van der Waals surface area contributed by atoms with Crippen LogP contribution in [0.4, 0.5) is 11.4 Å². The van der Waals surface area contributed by atoms with Crippen molar-refractivity contribution in [3.05, 3.63) is 107 Å². The van der Waals surface area contributed by atoms with Crippen molar-refractivity contribution < 1.29 is 8.42 Å². The zero-order valence-corrected chi connectivity index (χ0v) is 22.8. The highest BCUT2D eigenvalue weighted by molar-refractivity contribution is 7.92. The molecule has 2 aromatic carbocycles. The number of pyridine rings is 1. The first kappa shape index (κ1) is 25.0. The van der Waals surface area contributed by atoms with E-state index in [1.165, 1.54) is 16.8 Å². The molecule has 2 atom stereocenters. The number of nitrogens with one attached hydrogen (secondary N) is 2. The summed E-state index contributed by atoms with van der Waals surface area (Å²) in [5.74, 6) is 0. The van der Waals surface area contributed by atoms with Gasteiger partial charge in [0.25, 0.3) is 0 Å². The van der Waals surface area contributed by atoms with Crippen molar-refractivity contribution in [1.29, 1.82) is 0 Å². The van der Waals surface area contributed by atoms with Gasteiger partial charge in [0, 0.05) is 40.2 Å². The van der Waals surface area contributed by atoms with Crippen molar-refractivity contribution >= 4 is 38.7 Å². The van der Waals surface area contributed by atoms with Gasteiger partial charge in [-0.2, -0.15) is 0 Å². The van der Waals surface area contributed by atoms with E-state index in [1.54, 1.807) is 18.3 Å². The zero-order chi connectivity index (χ0) is 26.3. The lowest BCUT2D eigenvalue weighted by molar-refractivity contribution is 0.563. The molecule has 2 N–H and O–H groups in total. The maximum Gasteiger partial charge on any atom is 0.229 e. The SMILES string of the molecule is Cc1c([C@@H]2[C@@H](c3ccccn3)NC(=S)N2c2ccc(NS(C)(=O)=O)cc2)c(C)n(-c2ccccc2)c1C. The van der Waals surface area contributed by atoms with Gasteiger partial charge >= 0.3 is 0 Å². The van der Waals surface area contributed by atoms with Crippen molar-refractivity contribution in [1.82, 2.24) is 14.9 Å². The van der Waals surface area contributed by atoms with Crippen molar-refractivity contribution in [2.75, 3.05) is 15.9 Å². The predicted molar refractivity (Wildman–Crippen MR) is 153 cm³/mol. The summed E-state index contributed by atoms with van der Waals surface area (Å²) in [6.07, 6.45) is 2.94. The molecule has 5 rings (SSSR count). The van der Waals surface area contributed by atoms with E-state index >= 15 is 0 Å². The number of sulfonamides is 1. The Morgan fingerprint density at radius 2 is 1.57 bits per heavy atom. The average Bonchev–Trinajstić information content (AvgIpc) is 3.32. The summed E-state index contributed by atoms with van der Waals surface area (Å²) in [6, 6.07) is 23.2. The van der Waals surface area contributed by atoms with Gasteiger partial charge in [-0.3, -0.25) is 9.71 Å². The second-order valence-electron chi connectivity index (χ2n) is 9.30. The van der Waals surface area contributed by atoms with Crippen molar-refractivity contribution in [2.45, 2.75) is 32.9 Å². The molecule has 0 bridgehead atoms. The van der Waals surface area contributed by atoms with Crippen LogP contribution in [0.25, 0.3) is 5.69 Å². The average molecular weight is 532 g/mol. The molecular formula is C28H29N5O2S2. The van der Waals surface area contributed by atoms with Gasteiger partial charge < -0.3 is 14.8 Å². The van der Waals surface area contributed by atoms with Crippen LogP contribution in [-0.2, 0) is 10.0 Å². The summed E-state index contributed by atoms with van der Waals surface area (Å²) in [7, 11) is -3.37. The smallest absolute Gasteiger partial charge is 0.229 e. The topological polar surface area (TPSA) is 79.3 Å². The number of benzene rings is 2. The standard InChI is InChI=1S/C28H29N5O2S2/c1-18-19(2)32(22-10-6-5-7-11-22)20(3)25(18)27-26(24-12-8-9-17-29-24)30-28(36)33(27)23-15-13-21(14-16-23)31-37(4,34)35/h5-17,26-27,31H,1-4H3,(H,30,36)/t26-,27-/m1/s1. The van der Waals surface area contributed by atoms with Gasteiger partial charge in [-0.15, -0.1) is 0 Å². The minimum absolute atomic E-state index is 0.167. The van der Waals surface area contributed by atoms with Crippen LogP contribution in [0.2, 0.25) is 0 Å². The third kappa shape index (κ3) is 4.72. The summed E-state index contributed by atoms with van der Waals surface area (Å²) in [6.45, 7) is 6.45. The summed E-state index contributed by atoms with van der Waals surface area (Å²) in [5, 5.41) is 4.11. The molecule has 0 spiro atoms. The van der Waals surface area contributed by atoms with Crippen LogP contribution >= 0.6 is 12.2 Å². The molecular weight excluding hydrogens is 502 g/mol. The first-order chi connectivity index (χ1) is 17.7. The molecule has 4 aromatic rings. The molecule has 1 saturated heterocycles. The highest BCUT2D eigenvalue weighted by Gasteiger charge is 2.43. The Morgan fingerprint density at radius 3 is 2.19 bits per heavy atom. The van der Waals surface area contributed by atoms with Crippen molar-refractivity contribution in [2.24, 2.45) is 0 Å². The van der Waals surface area contributed by atoms with E-state index in [1.807, 2.05) is 48.5 Å². The number of hydrogen-bond donors (Lipinski definition) is 2. The molecule has 1 aliphatic heterocycles. The van der Waals surface area contributed by atoms with Crippen LogP contribution in [0.3, 0.4) is 0 Å². The summed E-state index contributed by atoms with van der Waals surface area (Å²) in [5.41, 5.74) is 8.06. The number of thiocarbonyl (C=S) groups is 1. The van der Waals surface area contributed by atoms with Crippen LogP contribution in [0.5, 0.6) is 0 Å². The van der Waals surface area contributed by atoms with E-state index in [9.17, 15) is 8.42 Å². The summed E-state index contributed by atoms with van der Waals surface area (Å²) >= 11 is 5.89. The van der Waals surface area contributed by atoms with Gasteiger partial charge in [0.15, 0.2) is 5.11 Å². The lowest BCUT2D eigenvalue weighted by Gasteiger charge is -2.29. The fourth-order valence-electron chi connectivity index (χ4n) is 5.24. The van der Waals surface area contributed by atoms with Crippen LogP contribution in [0, 0.1) is 20.8 Å². The molecule has 1 fully saturated rings. The maximum absolute atomic E-state index is 11.7. The normalized spacial score (nSPS) is 17.6. The van der Waals surface area contributed by atoms with Crippen molar-refractivity contribution in [3.8, 4) is 5.69 Å². The minimum atomic E-state index is -3.37. The van der Waals surface area contributed by atoms with Crippen LogP contribution < -0.4 is 14.9 Å². The van der Waals surface area contributed by atoms with Crippen LogP contribution in [0.15, 0.2) is 79.0 Å². The molecule has 2 aromatic heterocycles. The number of nitrogens with zero attached hydrogens (tertiary/aromatic N) is 3. The predicted octanol–water partition coefficient (Wildman–Crippen LogP) is 5.35. The lowest BCUT2D eigenvalue weighted by atomic mass is 9.93. The Hall–Kier alpha value is -3.69. The Bertz CT molecular complexity index is 1550. The molecule has 37 heavy (non-hydrogen) atoms. The Morgan fingerprint density at radius 1 is 0.892 bits per heavy atom. The minimum Gasteiger partial charge on any atom is -0.351 e. The largest absolute Gasteiger partial charge is 0.351 e. The third-order valence-corrected chi connectivity index (χ3v) is 7.79. The molecule has 0 amide bonds. The van der Waals surface area contributed by atoms with E-state index in [2.05, 4.69) is 57.4 Å². The van der Waals surface area contributed by atoms with Crippen molar-refractivity contribution in [3.63, 3.8) is 0 Å². The zero-order valence-electron chi connectivity index (χ0n) is 21.1. The molecule has 9 heteroatoms. The monoisotopic (exact) mass is 531 g/mol. The highest BCUT2D eigenvalue weighted by atomic mass is 32.2. The molecule has 0 saturated carbocycles. The number of aromatic nitrogens is 2. The Balaban J connectivity index is 1.66. The molecule has 7 nitrogen and oxygen atoms in total.